The quantitative estimate of drug-likeness (QED) is 0.808. The lowest BCUT2D eigenvalue weighted by Crippen LogP contribution is -2.30. The Labute approximate surface area is 144 Å². The molecule has 2 rings (SSSR count). The molecule has 0 atom stereocenters. The first kappa shape index (κ1) is 18.1. The van der Waals surface area contributed by atoms with E-state index in [2.05, 4.69) is 0 Å². The molecule has 0 aromatic heterocycles. The van der Waals surface area contributed by atoms with Crippen LogP contribution in [0.3, 0.4) is 0 Å². The molecule has 2 amide bonds. The van der Waals surface area contributed by atoms with E-state index >= 15 is 0 Å². The van der Waals surface area contributed by atoms with Crippen LogP contribution < -0.4 is 5.73 Å². The summed E-state index contributed by atoms with van der Waals surface area (Å²) in [6.45, 7) is -0.155. The molecule has 0 radical (unpaired) electrons. The average Bonchev–Trinajstić information content (AvgIpc) is 2.61. The van der Waals surface area contributed by atoms with Crippen molar-refractivity contribution in [1.29, 1.82) is 0 Å². The summed E-state index contributed by atoms with van der Waals surface area (Å²) in [5.74, 6) is -2.03. The zero-order valence-corrected chi connectivity index (χ0v) is 13.6. The summed E-state index contributed by atoms with van der Waals surface area (Å²) in [6.07, 6.45) is 0. The number of amides is 2. The molecule has 0 aliphatic heterocycles. The van der Waals surface area contributed by atoms with Crippen LogP contribution >= 0.6 is 0 Å². The number of nitrogens with two attached hydrogens (primary N) is 1. The van der Waals surface area contributed by atoms with Crippen LogP contribution in [0.15, 0.2) is 48.5 Å². The van der Waals surface area contributed by atoms with E-state index in [1.54, 1.807) is 19.2 Å². The molecule has 2 aromatic rings. The molecule has 0 unspecified atom stereocenters. The Morgan fingerprint density at radius 1 is 1.00 bits per heavy atom. The van der Waals surface area contributed by atoms with Gasteiger partial charge in [-0.05, 0) is 42.0 Å². The Morgan fingerprint density at radius 3 is 2.12 bits per heavy atom. The van der Waals surface area contributed by atoms with Gasteiger partial charge in [-0.15, -0.1) is 0 Å². The van der Waals surface area contributed by atoms with Crippen LogP contribution in [-0.2, 0) is 16.1 Å². The first-order valence-corrected chi connectivity index (χ1v) is 7.42. The highest BCUT2D eigenvalue weighted by Crippen LogP contribution is 2.08. The normalized spacial score (nSPS) is 10.2. The minimum atomic E-state index is -0.681. The highest BCUT2D eigenvalue weighted by Gasteiger charge is 2.14. The molecule has 2 N–H and O–H groups in total. The molecule has 25 heavy (non-hydrogen) atoms. The molecule has 0 bridgehead atoms. The molecular formula is C18H17FN2O4. The van der Waals surface area contributed by atoms with Crippen LogP contribution in [0.1, 0.15) is 26.3 Å². The van der Waals surface area contributed by atoms with Gasteiger partial charge in [0.25, 0.3) is 5.91 Å². The molecule has 0 saturated heterocycles. The SMILES string of the molecule is CN(Cc1ccc(F)cc1)C(=O)COC(=O)c1ccc(C(N)=O)cc1. The van der Waals surface area contributed by atoms with Crippen LogP contribution in [0.2, 0.25) is 0 Å². The van der Waals surface area contributed by atoms with E-state index in [0.29, 0.717) is 0 Å². The molecule has 7 heteroatoms. The van der Waals surface area contributed by atoms with Crippen molar-refractivity contribution < 1.29 is 23.5 Å². The van der Waals surface area contributed by atoms with Crippen LogP contribution in [0.4, 0.5) is 4.39 Å². The highest BCUT2D eigenvalue weighted by atomic mass is 19.1. The smallest absolute Gasteiger partial charge is 0.338 e. The van der Waals surface area contributed by atoms with E-state index in [1.807, 2.05) is 0 Å². The molecule has 0 saturated carbocycles. The van der Waals surface area contributed by atoms with Crippen molar-refractivity contribution in [1.82, 2.24) is 4.90 Å². The summed E-state index contributed by atoms with van der Waals surface area (Å²) < 4.78 is 17.8. The van der Waals surface area contributed by atoms with Crippen molar-refractivity contribution in [2.75, 3.05) is 13.7 Å². The van der Waals surface area contributed by atoms with Crippen LogP contribution in [0, 0.1) is 5.82 Å². The number of halogens is 1. The molecule has 2 aromatic carbocycles. The lowest BCUT2D eigenvalue weighted by molar-refractivity contribution is -0.133. The summed E-state index contributed by atoms with van der Waals surface area (Å²) in [5.41, 5.74) is 6.35. The van der Waals surface area contributed by atoms with Crippen molar-refractivity contribution in [3.05, 3.63) is 71.0 Å². The summed E-state index contributed by atoms with van der Waals surface area (Å²) in [4.78, 5) is 36.3. The standard InChI is InChI=1S/C18H17FN2O4/c1-21(10-12-2-8-15(19)9-3-12)16(22)11-25-18(24)14-6-4-13(5-7-14)17(20)23/h2-9H,10-11H2,1H3,(H2,20,23). The second-order valence-electron chi connectivity index (χ2n) is 5.39. The molecule has 6 nitrogen and oxygen atoms in total. The number of hydrogen-bond acceptors (Lipinski definition) is 4. The van der Waals surface area contributed by atoms with Gasteiger partial charge >= 0.3 is 5.97 Å². The number of rotatable bonds is 6. The van der Waals surface area contributed by atoms with Gasteiger partial charge in [0.2, 0.25) is 5.91 Å². The summed E-state index contributed by atoms with van der Waals surface area (Å²) >= 11 is 0. The fraction of sp³-hybridized carbons (Fsp3) is 0.167. The maximum Gasteiger partial charge on any atom is 0.338 e. The van der Waals surface area contributed by atoms with Crippen molar-refractivity contribution in [2.24, 2.45) is 5.73 Å². The van der Waals surface area contributed by atoms with Gasteiger partial charge in [0.05, 0.1) is 5.56 Å². The predicted octanol–water partition coefficient (Wildman–Crippen LogP) is 1.74. The minimum absolute atomic E-state index is 0.207. The second kappa shape index (κ2) is 8.05. The average molecular weight is 344 g/mol. The van der Waals surface area contributed by atoms with E-state index in [9.17, 15) is 18.8 Å². The number of carbonyl (C=O) groups excluding carboxylic acids is 3. The fourth-order valence-electron chi connectivity index (χ4n) is 2.04. The van der Waals surface area contributed by atoms with E-state index in [1.165, 1.54) is 41.3 Å². The predicted molar refractivity (Wildman–Crippen MR) is 88.1 cm³/mol. The third-order valence-corrected chi connectivity index (χ3v) is 3.49. The van der Waals surface area contributed by atoms with Crippen molar-refractivity contribution in [3.8, 4) is 0 Å². The maximum atomic E-state index is 12.9. The van der Waals surface area contributed by atoms with Gasteiger partial charge in [-0.3, -0.25) is 9.59 Å². The van der Waals surface area contributed by atoms with Gasteiger partial charge in [0, 0.05) is 19.2 Å². The van der Waals surface area contributed by atoms with E-state index in [0.717, 1.165) is 5.56 Å². The number of ether oxygens (including phenoxy) is 1. The van der Waals surface area contributed by atoms with Crippen LogP contribution in [0.5, 0.6) is 0 Å². The van der Waals surface area contributed by atoms with Crippen LogP contribution in [-0.4, -0.2) is 36.3 Å². The largest absolute Gasteiger partial charge is 0.452 e. The molecule has 130 valence electrons. The minimum Gasteiger partial charge on any atom is -0.452 e. The van der Waals surface area contributed by atoms with Gasteiger partial charge < -0.3 is 15.4 Å². The Hall–Kier alpha value is -3.22. The van der Waals surface area contributed by atoms with E-state index < -0.39 is 24.4 Å². The Morgan fingerprint density at radius 2 is 1.56 bits per heavy atom. The molecule has 0 heterocycles. The number of esters is 1. The number of likely N-dealkylation sites (N-methyl/N-ethyl adjacent to an activating group) is 1. The van der Waals surface area contributed by atoms with Gasteiger partial charge in [0.1, 0.15) is 5.82 Å². The van der Waals surface area contributed by atoms with E-state index in [-0.39, 0.29) is 23.5 Å². The molecule has 0 aliphatic carbocycles. The number of nitrogens with zero attached hydrogens (tertiary/aromatic N) is 1. The van der Waals surface area contributed by atoms with Crippen molar-refractivity contribution in [3.63, 3.8) is 0 Å². The molecule has 0 fully saturated rings. The zero-order valence-electron chi connectivity index (χ0n) is 13.6. The lowest BCUT2D eigenvalue weighted by Gasteiger charge is -2.17. The Balaban J connectivity index is 1.86. The monoisotopic (exact) mass is 344 g/mol. The highest BCUT2D eigenvalue weighted by molar-refractivity contribution is 5.95. The van der Waals surface area contributed by atoms with Gasteiger partial charge in [-0.1, -0.05) is 12.1 Å². The molecular weight excluding hydrogens is 327 g/mol. The molecule has 0 spiro atoms. The maximum absolute atomic E-state index is 12.9. The number of primary amides is 1. The van der Waals surface area contributed by atoms with Gasteiger partial charge in [-0.2, -0.15) is 0 Å². The van der Waals surface area contributed by atoms with E-state index in [4.69, 9.17) is 10.5 Å². The van der Waals surface area contributed by atoms with Crippen molar-refractivity contribution in [2.45, 2.75) is 6.54 Å². The van der Waals surface area contributed by atoms with Gasteiger partial charge in [0.15, 0.2) is 6.61 Å². The summed E-state index contributed by atoms with van der Waals surface area (Å²) in [6, 6.07) is 11.4. The number of carbonyl (C=O) groups is 3. The fourth-order valence-corrected chi connectivity index (χ4v) is 2.04. The lowest BCUT2D eigenvalue weighted by atomic mass is 10.1. The summed E-state index contributed by atoms with van der Waals surface area (Å²) in [7, 11) is 1.56. The zero-order chi connectivity index (χ0) is 18.4. The topological polar surface area (TPSA) is 89.7 Å². The third kappa shape index (κ3) is 5.13. The summed E-state index contributed by atoms with van der Waals surface area (Å²) in [5, 5.41) is 0. The Bertz CT molecular complexity index is 773. The van der Waals surface area contributed by atoms with Gasteiger partial charge in [-0.25, -0.2) is 9.18 Å². The third-order valence-electron chi connectivity index (χ3n) is 3.49. The first-order valence-electron chi connectivity index (χ1n) is 7.42. The number of benzene rings is 2. The van der Waals surface area contributed by atoms with Crippen LogP contribution in [0.25, 0.3) is 0 Å². The van der Waals surface area contributed by atoms with Crippen molar-refractivity contribution >= 4 is 17.8 Å². The Kier molecular flexibility index (Phi) is 5.84. The number of hydrogen-bond donors (Lipinski definition) is 1. The first-order chi connectivity index (χ1) is 11.9. The second-order valence-corrected chi connectivity index (χ2v) is 5.39. The molecule has 0 aliphatic rings.